The van der Waals surface area contributed by atoms with Crippen LogP contribution < -0.4 is 14.2 Å². The fourth-order valence-corrected chi connectivity index (χ4v) is 2.33. The maximum atomic E-state index is 12.2. The molecule has 0 aromatic heterocycles. The molecule has 27 heavy (non-hydrogen) atoms. The van der Waals surface area contributed by atoms with Crippen molar-refractivity contribution in [1.29, 1.82) is 0 Å². The van der Waals surface area contributed by atoms with E-state index in [1.165, 1.54) is 5.56 Å². The van der Waals surface area contributed by atoms with E-state index in [9.17, 15) is 4.79 Å². The number of benzene rings is 3. The molecule has 0 aliphatic rings. The SMILES string of the molecule is C=Cc1ccc(C(=O)Oc2ccc(OCOc3ccc(C)cc3)cc2)cc1. The minimum absolute atomic E-state index is 0.0951. The number of aryl methyl sites for hydroxylation is 1. The van der Waals surface area contributed by atoms with Gasteiger partial charge in [-0.1, -0.05) is 42.5 Å². The van der Waals surface area contributed by atoms with Crippen LogP contribution in [0.15, 0.2) is 79.4 Å². The lowest BCUT2D eigenvalue weighted by atomic mass is 10.1. The number of rotatable bonds is 7. The molecule has 0 unspecified atom stereocenters. The summed E-state index contributed by atoms with van der Waals surface area (Å²) in [5, 5.41) is 0. The van der Waals surface area contributed by atoms with Gasteiger partial charge in [0.2, 0.25) is 6.79 Å². The molecule has 0 spiro atoms. The first kappa shape index (κ1) is 18.3. The molecule has 0 radical (unpaired) electrons. The second-order valence-electron chi connectivity index (χ2n) is 5.91. The summed E-state index contributed by atoms with van der Waals surface area (Å²) in [6.45, 7) is 5.80. The summed E-state index contributed by atoms with van der Waals surface area (Å²) in [6, 6.07) is 21.6. The molecular formula is C23H20O4. The van der Waals surface area contributed by atoms with Crippen molar-refractivity contribution in [3.8, 4) is 17.2 Å². The Bertz CT molecular complexity index is 895. The van der Waals surface area contributed by atoms with E-state index >= 15 is 0 Å². The zero-order valence-corrected chi connectivity index (χ0v) is 15.1. The minimum Gasteiger partial charge on any atom is -0.458 e. The largest absolute Gasteiger partial charge is 0.458 e. The Morgan fingerprint density at radius 1 is 0.815 bits per heavy atom. The molecule has 0 aliphatic heterocycles. The van der Waals surface area contributed by atoms with Gasteiger partial charge in [0.15, 0.2) is 0 Å². The first-order valence-corrected chi connectivity index (χ1v) is 8.51. The van der Waals surface area contributed by atoms with Gasteiger partial charge in [-0.3, -0.25) is 0 Å². The highest BCUT2D eigenvalue weighted by Gasteiger charge is 2.08. The van der Waals surface area contributed by atoms with Crippen LogP contribution in [0.3, 0.4) is 0 Å². The number of carbonyl (C=O) groups is 1. The molecule has 3 rings (SSSR count). The second kappa shape index (κ2) is 8.72. The van der Waals surface area contributed by atoms with Crippen LogP contribution in [0, 0.1) is 6.92 Å². The Morgan fingerprint density at radius 3 is 1.89 bits per heavy atom. The summed E-state index contributed by atoms with van der Waals surface area (Å²) in [5.74, 6) is 1.40. The van der Waals surface area contributed by atoms with E-state index in [2.05, 4.69) is 6.58 Å². The van der Waals surface area contributed by atoms with Gasteiger partial charge in [-0.05, 0) is 61.0 Å². The number of ether oxygens (including phenoxy) is 3. The van der Waals surface area contributed by atoms with Crippen molar-refractivity contribution in [2.45, 2.75) is 6.92 Å². The van der Waals surface area contributed by atoms with Crippen LogP contribution in [0.2, 0.25) is 0 Å². The first-order valence-electron chi connectivity index (χ1n) is 8.51. The first-order chi connectivity index (χ1) is 13.1. The molecule has 0 N–H and O–H groups in total. The second-order valence-corrected chi connectivity index (χ2v) is 5.91. The monoisotopic (exact) mass is 360 g/mol. The molecule has 3 aromatic rings. The van der Waals surface area contributed by atoms with Crippen LogP contribution >= 0.6 is 0 Å². The van der Waals surface area contributed by atoms with E-state index in [0.717, 1.165) is 11.3 Å². The molecule has 0 heterocycles. The van der Waals surface area contributed by atoms with Crippen molar-refractivity contribution < 1.29 is 19.0 Å². The van der Waals surface area contributed by atoms with Crippen molar-refractivity contribution >= 4 is 12.0 Å². The normalized spacial score (nSPS) is 10.1. The van der Waals surface area contributed by atoms with Gasteiger partial charge in [0, 0.05) is 0 Å². The van der Waals surface area contributed by atoms with Gasteiger partial charge in [-0.15, -0.1) is 0 Å². The lowest BCUT2D eigenvalue weighted by molar-refractivity contribution is 0.0734. The van der Waals surface area contributed by atoms with Crippen molar-refractivity contribution in [3.05, 3.63) is 96.1 Å². The van der Waals surface area contributed by atoms with Gasteiger partial charge in [-0.2, -0.15) is 0 Å². The predicted octanol–water partition coefficient (Wildman–Crippen LogP) is 5.27. The summed E-state index contributed by atoms with van der Waals surface area (Å²) in [5.41, 5.74) is 2.60. The Hall–Kier alpha value is -3.53. The Labute approximate surface area is 158 Å². The van der Waals surface area contributed by atoms with E-state index in [1.807, 2.05) is 43.3 Å². The zero-order valence-electron chi connectivity index (χ0n) is 15.1. The van der Waals surface area contributed by atoms with Gasteiger partial charge in [0.25, 0.3) is 0 Å². The molecule has 0 bridgehead atoms. The van der Waals surface area contributed by atoms with Crippen LogP contribution in [0.4, 0.5) is 0 Å². The highest BCUT2D eigenvalue weighted by atomic mass is 16.7. The Morgan fingerprint density at radius 2 is 1.33 bits per heavy atom. The average Bonchev–Trinajstić information content (AvgIpc) is 2.71. The third kappa shape index (κ3) is 5.22. The van der Waals surface area contributed by atoms with Crippen molar-refractivity contribution in [1.82, 2.24) is 0 Å². The van der Waals surface area contributed by atoms with Crippen LogP contribution in [-0.4, -0.2) is 12.8 Å². The van der Waals surface area contributed by atoms with Crippen molar-refractivity contribution in [2.75, 3.05) is 6.79 Å². The summed E-state index contributed by atoms with van der Waals surface area (Å²) >= 11 is 0. The predicted molar refractivity (Wildman–Crippen MR) is 105 cm³/mol. The van der Waals surface area contributed by atoms with Crippen LogP contribution in [0.1, 0.15) is 21.5 Å². The van der Waals surface area contributed by atoms with Crippen LogP contribution in [-0.2, 0) is 0 Å². The molecule has 136 valence electrons. The minimum atomic E-state index is -0.415. The van der Waals surface area contributed by atoms with Gasteiger partial charge in [0.05, 0.1) is 5.56 Å². The van der Waals surface area contributed by atoms with Crippen LogP contribution in [0.5, 0.6) is 17.2 Å². The molecule has 4 nitrogen and oxygen atoms in total. The molecule has 0 aliphatic carbocycles. The lowest BCUT2D eigenvalue weighted by Crippen LogP contribution is -2.08. The Kier molecular flexibility index (Phi) is 5.90. The van der Waals surface area contributed by atoms with Crippen molar-refractivity contribution in [3.63, 3.8) is 0 Å². The van der Waals surface area contributed by atoms with Crippen molar-refractivity contribution in [2.24, 2.45) is 0 Å². The average molecular weight is 360 g/mol. The lowest BCUT2D eigenvalue weighted by Gasteiger charge is -2.09. The molecule has 0 saturated heterocycles. The van der Waals surface area contributed by atoms with E-state index in [4.69, 9.17) is 14.2 Å². The molecule has 0 fully saturated rings. The molecule has 0 atom stereocenters. The highest BCUT2D eigenvalue weighted by Crippen LogP contribution is 2.19. The third-order valence-corrected chi connectivity index (χ3v) is 3.89. The topological polar surface area (TPSA) is 44.8 Å². The van der Waals surface area contributed by atoms with Gasteiger partial charge in [-0.25, -0.2) is 4.79 Å². The third-order valence-electron chi connectivity index (χ3n) is 3.89. The van der Waals surface area contributed by atoms with E-state index in [1.54, 1.807) is 42.5 Å². The number of carbonyl (C=O) groups excluding carboxylic acids is 1. The maximum Gasteiger partial charge on any atom is 0.343 e. The maximum absolute atomic E-state index is 12.2. The zero-order chi connectivity index (χ0) is 19.1. The number of hydrogen-bond donors (Lipinski definition) is 0. The quantitative estimate of drug-likeness (QED) is 0.327. The molecule has 0 amide bonds. The Balaban J connectivity index is 1.51. The number of hydrogen-bond acceptors (Lipinski definition) is 4. The molecular weight excluding hydrogens is 340 g/mol. The van der Waals surface area contributed by atoms with Gasteiger partial charge < -0.3 is 14.2 Å². The fourth-order valence-electron chi connectivity index (χ4n) is 2.33. The van der Waals surface area contributed by atoms with Gasteiger partial charge >= 0.3 is 5.97 Å². The van der Waals surface area contributed by atoms with E-state index < -0.39 is 5.97 Å². The molecule has 3 aromatic carbocycles. The summed E-state index contributed by atoms with van der Waals surface area (Å²) in [4.78, 5) is 12.2. The van der Waals surface area contributed by atoms with E-state index in [-0.39, 0.29) is 6.79 Å². The summed E-state index contributed by atoms with van der Waals surface area (Å²) in [6.07, 6.45) is 1.72. The summed E-state index contributed by atoms with van der Waals surface area (Å²) < 4.78 is 16.4. The standard InChI is InChI=1S/C23H20O4/c1-3-18-6-8-19(9-7-18)23(24)27-22-14-12-21(13-15-22)26-16-25-20-10-4-17(2)5-11-20/h3-15H,1,16H2,2H3. The van der Waals surface area contributed by atoms with Crippen LogP contribution in [0.25, 0.3) is 6.08 Å². The number of esters is 1. The van der Waals surface area contributed by atoms with E-state index in [0.29, 0.717) is 17.1 Å². The highest BCUT2D eigenvalue weighted by molar-refractivity contribution is 5.91. The molecule has 0 saturated carbocycles. The summed E-state index contributed by atoms with van der Waals surface area (Å²) in [7, 11) is 0. The smallest absolute Gasteiger partial charge is 0.343 e. The fraction of sp³-hybridized carbons (Fsp3) is 0.0870. The van der Waals surface area contributed by atoms with Gasteiger partial charge in [0.1, 0.15) is 17.2 Å². The molecule has 4 heteroatoms.